The van der Waals surface area contributed by atoms with E-state index in [1.807, 2.05) is 27.2 Å². The van der Waals surface area contributed by atoms with E-state index in [-0.39, 0.29) is 19.1 Å². The number of rotatable bonds is 54. The van der Waals surface area contributed by atoms with Crippen molar-refractivity contribution in [2.24, 2.45) is 0 Å². The number of carbonyl (C=O) groups is 1. The van der Waals surface area contributed by atoms with Crippen LogP contribution in [0, 0.1) is 0 Å². The Kier molecular flexibility index (Phi) is 52.3. The molecule has 0 aliphatic rings. The molecule has 3 N–H and O–H groups in total. The third-order valence-electron chi connectivity index (χ3n) is 13.0. The van der Waals surface area contributed by atoms with E-state index in [9.17, 15) is 19.4 Å². The van der Waals surface area contributed by atoms with E-state index in [1.165, 1.54) is 154 Å². The summed E-state index contributed by atoms with van der Waals surface area (Å²) in [5.41, 5.74) is 0. The third kappa shape index (κ3) is 57.0. The van der Waals surface area contributed by atoms with Gasteiger partial charge < -0.3 is 19.8 Å². The second-order valence-corrected chi connectivity index (χ2v) is 22.8. The highest BCUT2D eigenvalue weighted by atomic mass is 31.2. The van der Waals surface area contributed by atoms with Crippen LogP contribution < -0.4 is 5.32 Å². The highest BCUT2D eigenvalue weighted by Gasteiger charge is 2.27. The van der Waals surface area contributed by atoms with Crippen LogP contribution in [-0.4, -0.2) is 73.4 Å². The topological polar surface area (TPSA) is 105 Å². The lowest BCUT2D eigenvalue weighted by molar-refractivity contribution is -0.870. The fourth-order valence-electron chi connectivity index (χ4n) is 8.34. The van der Waals surface area contributed by atoms with Crippen LogP contribution in [-0.2, 0) is 18.4 Å². The van der Waals surface area contributed by atoms with E-state index < -0.39 is 20.0 Å². The molecular weight excluding hydrogens is 924 g/mol. The predicted molar refractivity (Wildman–Crippen MR) is 318 cm³/mol. The summed E-state index contributed by atoms with van der Waals surface area (Å²) in [5.74, 6) is -0.194. The summed E-state index contributed by atoms with van der Waals surface area (Å²) in [4.78, 5) is 23.3. The largest absolute Gasteiger partial charge is 0.472 e. The number of quaternary nitrogens is 1. The van der Waals surface area contributed by atoms with Crippen molar-refractivity contribution in [2.45, 2.75) is 264 Å². The van der Waals surface area contributed by atoms with Gasteiger partial charge in [0.2, 0.25) is 5.91 Å². The zero-order valence-electron chi connectivity index (χ0n) is 48.1. The Morgan fingerprint density at radius 3 is 1.26 bits per heavy atom. The number of aliphatic hydroxyl groups is 1. The highest BCUT2D eigenvalue weighted by molar-refractivity contribution is 7.47. The van der Waals surface area contributed by atoms with Crippen LogP contribution in [0.4, 0.5) is 0 Å². The van der Waals surface area contributed by atoms with Crippen LogP contribution in [0.3, 0.4) is 0 Å². The summed E-state index contributed by atoms with van der Waals surface area (Å²) in [6.45, 7) is 4.68. The number of hydrogen-bond acceptors (Lipinski definition) is 5. The maximum absolute atomic E-state index is 13.0. The van der Waals surface area contributed by atoms with E-state index in [0.717, 1.165) is 77.0 Å². The van der Waals surface area contributed by atoms with E-state index in [2.05, 4.69) is 104 Å². The number of allylic oxidation sites excluding steroid dienone is 15. The number of carbonyl (C=O) groups excluding carboxylic acids is 1. The average Bonchev–Trinajstić information content (AvgIpc) is 3.35. The van der Waals surface area contributed by atoms with Gasteiger partial charge in [-0.3, -0.25) is 13.8 Å². The van der Waals surface area contributed by atoms with E-state index >= 15 is 0 Å². The van der Waals surface area contributed by atoms with E-state index in [1.54, 1.807) is 6.08 Å². The minimum absolute atomic E-state index is 0.0496. The summed E-state index contributed by atoms with van der Waals surface area (Å²) in [6.07, 6.45) is 78.0. The number of nitrogens with one attached hydrogen (secondary N) is 1. The fourth-order valence-corrected chi connectivity index (χ4v) is 9.07. The van der Waals surface area contributed by atoms with Gasteiger partial charge >= 0.3 is 7.82 Å². The van der Waals surface area contributed by atoms with Gasteiger partial charge in [0, 0.05) is 6.42 Å². The lowest BCUT2D eigenvalue weighted by atomic mass is 10.0. The minimum atomic E-state index is -4.37. The van der Waals surface area contributed by atoms with E-state index in [4.69, 9.17) is 9.05 Å². The van der Waals surface area contributed by atoms with Crippen LogP contribution in [0.15, 0.2) is 97.2 Å². The normalized spacial score (nSPS) is 14.6. The lowest BCUT2D eigenvalue weighted by Gasteiger charge is -2.25. The molecule has 3 atom stereocenters. The molecule has 0 heterocycles. The van der Waals surface area contributed by atoms with Crippen molar-refractivity contribution in [3.8, 4) is 0 Å². The summed E-state index contributed by atoms with van der Waals surface area (Å²) < 4.78 is 23.7. The maximum Gasteiger partial charge on any atom is 0.472 e. The van der Waals surface area contributed by atoms with Crippen molar-refractivity contribution in [1.29, 1.82) is 0 Å². The molecule has 0 aromatic rings. The van der Waals surface area contributed by atoms with Crippen molar-refractivity contribution < 1.29 is 32.9 Å². The third-order valence-corrected chi connectivity index (χ3v) is 14.0. The Labute approximate surface area is 451 Å². The predicted octanol–water partition coefficient (Wildman–Crippen LogP) is 18.6. The van der Waals surface area contributed by atoms with Gasteiger partial charge in [-0.15, -0.1) is 0 Å². The molecule has 0 aliphatic heterocycles. The van der Waals surface area contributed by atoms with Crippen molar-refractivity contribution in [3.05, 3.63) is 97.2 Å². The van der Waals surface area contributed by atoms with Gasteiger partial charge in [-0.05, 0) is 89.9 Å². The molecule has 0 bridgehead atoms. The number of likely N-dealkylation sites (N-methyl/N-ethyl adjacent to an activating group) is 1. The zero-order chi connectivity index (χ0) is 53.5. The molecule has 0 spiro atoms. The molecule has 422 valence electrons. The lowest BCUT2D eigenvalue weighted by Crippen LogP contribution is -2.45. The van der Waals surface area contributed by atoms with Gasteiger partial charge in [-0.25, -0.2) is 4.57 Å². The Morgan fingerprint density at radius 1 is 0.479 bits per heavy atom. The molecule has 0 saturated carbocycles. The van der Waals surface area contributed by atoms with Gasteiger partial charge in [0.15, 0.2) is 0 Å². The first-order valence-electron chi connectivity index (χ1n) is 30.1. The molecule has 0 fully saturated rings. The van der Waals surface area contributed by atoms with Crippen LogP contribution in [0.25, 0.3) is 0 Å². The van der Waals surface area contributed by atoms with Crippen LogP contribution in [0.2, 0.25) is 0 Å². The number of phosphoric acid groups is 1. The SMILES string of the molecule is CC/C=C\C/C=C\C/C=C\C/C=C\C/C=C\CCCCCCCCCCCCCCCC(=O)NC(COP(=O)(O)OCC[N+](C)(C)C)C(O)/C=C/CC/C=C/CC/C=C/CCCCCCCCCCCCCC. The molecule has 0 aromatic carbocycles. The van der Waals surface area contributed by atoms with Crippen LogP contribution >= 0.6 is 7.82 Å². The first-order chi connectivity index (χ1) is 35.5. The summed E-state index contributed by atoms with van der Waals surface area (Å²) in [5, 5.41) is 13.9. The van der Waals surface area contributed by atoms with Gasteiger partial charge in [-0.2, -0.15) is 0 Å². The van der Waals surface area contributed by atoms with Crippen LogP contribution in [0.5, 0.6) is 0 Å². The van der Waals surface area contributed by atoms with Crippen LogP contribution in [0.1, 0.15) is 251 Å². The Hall–Kier alpha value is -2.58. The van der Waals surface area contributed by atoms with Crippen molar-refractivity contribution in [2.75, 3.05) is 40.9 Å². The number of aliphatic hydroxyl groups excluding tert-OH is 1. The summed E-state index contributed by atoms with van der Waals surface area (Å²) >= 11 is 0. The molecule has 0 aliphatic carbocycles. The molecule has 8 nitrogen and oxygen atoms in total. The Morgan fingerprint density at radius 2 is 0.836 bits per heavy atom. The second kappa shape index (κ2) is 54.2. The molecule has 0 saturated heterocycles. The van der Waals surface area contributed by atoms with Crippen molar-refractivity contribution >= 4 is 13.7 Å². The first kappa shape index (κ1) is 70.4. The monoisotopic (exact) mass is 1040 g/mol. The number of nitrogens with zero attached hydrogens (tertiary/aromatic N) is 1. The zero-order valence-corrected chi connectivity index (χ0v) is 49.0. The highest BCUT2D eigenvalue weighted by Crippen LogP contribution is 2.43. The molecular formula is C64H116N2O6P+. The molecule has 1 amide bonds. The quantitative estimate of drug-likeness (QED) is 0.0243. The fraction of sp³-hybridized carbons (Fsp3) is 0.734. The van der Waals surface area contributed by atoms with Crippen molar-refractivity contribution in [1.82, 2.24) is 5.32 Å². The number of amides is 1. The van der Waals surface area contributed by atoms with Gasteiger partial charge in [0.05, 0.1) is 39.9 Å². The summed E-state index contributed by atoms with van der Waals surface area (Å²) in [7, 11) is 1.54. The Balaban J connectivity index is 4.25. The van der Waals surface area contributed by atoms with Gasteiger partial charge in [-0.1, -0.05) is 252 Å². The van der Waals surface area contributed by atoms with E-state index in [0.29, 0.717) is 17.4 Å². The number of unbranched alkanes of at least 4 members (excludes halogenated alkanes) is 27. The molecule has 0 aromatic heterocycles. The van der Waals surface area contributed by atoms with Gasteiger partial charge in [0.1, 0.15) is 13.2 Å². The second-order valence-electron chi connectivity index (χ2n) is 21.3. The molecule has 3 unspecified atom stereocenters. The summed E-state index contributed by atoms with van der Waals surface area (Å²) in [6, 6.07) is -0.877. The molecule has 9 heteroatoms. The smallest absolute Gasteiger partial charge is 0.387 e. The standard InChI is InChI=1S/C64H115N2O6P/c1-6-8-10-12-14-16-18-20-22-24-26-28-30-31-32-33-34-35-36-38-40-42-44-46-48-50-52-54-56-58-64(68)65-62(61-72-73(69,70)71-60-59-66(3,4)5)63(67)57-55-53-51-49-47-45-43-41-39-37-29-27-25-23-21-19-17-15-13-11-9-7-2/h8,10,14,16,20,22,26,28,31-32,39,41,47,49,55,57,62-63,67H,6-7,9,11-13,15,17-19,21,23-25,27,29-30,33-38,40,42-46,48,50-54,56,58-61H2,1-5H3,(H-,65,68,69,70)/p+1/b10-8-,16-14-,22-20-,28-26-,32-31-,41-39+,49-47+,57-55+. The number of phosphoric ester groups is 1. The molecule has 0 radical (unpaired) electrons. The Bertz CT molecular complexity index is 1510. The van der Waals surface area contributed by atoms with Gasteiger partial charge in [0.25, 0.3) is 0 Å². The maximum atomic E-state index is 13.0. The molecule has 73 heavy (non-hydrogen) atoms. The average molecular weight is 1040 g/mol. The first-order valence-corrected chi connectivity index (χ1v) is 31.6. The molecule has 0 rings (SSSR count). The number of hydrogen-bond donors (Lipinski definition) is 3. The van der Waals surface area contributed by atoms with Crippen molar-refractivity contribution in [3.63, 3.8) is 0 Å². The minimum Gasteiger partial charge on any atom is -0.387 e.